The van der Waals surface area contributed by atoms with E-state index in [0.29, 0.717) is 5.69 Å². The summed E-state index contributed by atoms with van der Waals surface area (Å²) < 4.78 is 34.2. The van der Waals surface area contributed by atoms with Gasteiger partial charge in [0.25, 0.3) is 0 Å². The summed E-state index contributed by atoms with van der Waals surface area (Å²) in [6.07, 6.45) is 1.03. The van der Waals surface area contributed by atoms with E-state index in [1.54, 1.807) is 24.5 Å². The number of nitrogens with two attached hydrogens (primary N) is 1. The van der Waals surface area contributed by atoms with Gasteiger partial charge in [-0.3, -0.25) is 5.32 Å². The first kappa shape index (κ1) is 19.6. The lowest BCUT2D eigenvalue weighted by molar-refractivity contribution is 0.177. The molecule has 2 rings (SSSR count). The van der Waals surface area contributed by atoms with Crippen molar-refractivity contribution >= 4 is 44.5 Å². The number of benzene rings is 2. The van der Waals surface area contributed by atoms with Gasteiger partial charge in [-0.05, 0) is 36.6 Å². The van der Waals surface area contributed by atoms with Crippen molar-refractivity contribution in [1.82, 2.24) is 5.32 Å². The molecule has 10 heteroatoms. The van der Waals surface area contributed by atoms with Gasteiger partial charge in [-0.25, -0.2) is 9.79 Å². The number of hydrogen-bond acceptors (Lipinski definition) is 8. The van der Waals surface area contributed by atoms with E-state index in [0.717, 1.165) is 0 Å². The fraction of sp³-hybridized carbons (Fsp3) is 0.125. The lowest BCUT2D eigenvalue weighted by Gasteiger charge is -2.09. The molecule has 0 aliphatic heterocycles. The monoisotopic (exact) mass is 395 g/mol. The molecular weight excluding hydrogens is 378 g/mol. The van der Waals surface area contributed by atoms with E-state index in [4.69, 9.17) is 9.92 Å². The summed E-state index contributed by atoms with van der Waals surface area (Å²) in [4.78, 5) is 15.3. The number of aliphatic imine (C=N–C) groups is 1. The van der Waals surface area contributed by atoms with Crippen molar-refractivity contribution in [3.63, 3.8) is 0 Å². The van der Waals surface area contributed by atoms with Gasteiger partial charge in [-0.1, -0.05) is 30.0 Å². The Bertz CT molecular complexity index is 915. The molecule has 0 aliphatic carbocycles. The molecule has 0 saturated heterocycles. The molecular formula is C16H17N3O5S2. The Labute approximate surface area is 155 Å². The predicted octanol–water partition coefficient (Wildman–Crippen LogP) is 2.74. The maximum absolute atomic E-state index is 12.3. The molecule has 2 aromatic rings. The van der Waals surface area contributed by atoms with Gasteiger partial charge >= 0.3 is 16.2 Å². The van der Waals surface area contributed by atoms with E-state index in [2.05, 4.69) is 15.0 Å². The predicted molar refractivity (Wildman–Crippen MR) is 101 cm³/mol. The average Bonchev–Trinajstić information content (AvgIpc) is 2.62. The van der Waals surface area contributed by atoms with Gasteiger partial charge in [0.05, 0.1) is 18.5 Å². The van der Waals surface area contributed by atoms with Crippen molar-refractivity contribution in [2.45, 2.75) is 4.90 Å². The molecule has 8 nitrogen and oxygen atoms in total. The number of para-hydroxylation sites is 1. The molecule has 0 atom stereocenters. The molecule has 0 aliphatic rings. The van der Waals surface area contributed by atoms with Crippen LogP contribution in [-0.4, -0.2) is 33.0 Å². The Morgan fingerprint density at radius 3 is 2.46 bits per heavy atom. The van der Waals surface area contributed by atoms with E-state index in [1.165, 1.54) is 49.2 Å². The normalized spacial score (nSPS) is 11.7. The van der Waals surface area contributed by atoms with Crippen LogP contribution >= 0.6 is 11.8 Å². The molecule has 138 valence electrons. The van der Waals surface area contributed by atoms with Crippen LogP contribution in [0.2, 0.25) is 0 Å². The molecule has 0 fully saturated rings. The maximum atomic E-state index is 12.3. The number of methoxy groups -OCH3 is 1. The zero-order chi connectivity index (χ0) is 19.2. The Kier molecular flexibility index (Phi) is 6.47. The summed E-state index contributed by atoms with van der Waals surface area (Å²) in [5.74, 6) is 0.195. The Hall–Kier alpha value is -2.72. The fourth-order valence-corrected chi connectivity index (χ4v) is 3.15. The molecule has 0 saturated carbocycles. The number of rotatable bonds is 4. The van der Waals surface area contributed by atoms with Gasteiger partial charge < -0.3 is 14.7 Å². The van der Waals surface area contributed by atoms with Crippen molar-refractivity contribution in [2.75, 3.05) is 19.1 Å². The number of amides is 1. The zero-order valence-electron chi connectivity index (χ0n) is 14.0. The van der Waals surface area contributed by atoms with Crippen LogP contribution < -0.4 is 15.2 Å². The minimum absolute atomic E-state index is 0.107. The second kappa shape index (κ2) is 8.59. The van der Waals surface area contributed by atoms with Crippen LogP contribution in [0.15, 0.2) is 58.4 Å². The minimum atomic E-state index is -4.03. The second-order valence-electron chi connectivity index (χ2n) is 4.81. The lowest BCUT2D eigenvalue weighted by atomic mass is 10.3. The third-order valence-corrected chi connectivity index (χ3v) is 4.87. The van der Waals surface area contributed by atoms with Gasteiger partial charge in [0, 0.05) is 0 Å². The third-order valence-electron chi connectivity index (χ3n) is 3.05. The quantitative estimate of drug-likeness (QED) is 0.353. The molecule has 0 spiro atoms. The third kappa shape index (κ3) is 5.14. The second-order valence-corrected chi connectivity index (χ2v) is 7.15. The highest BCUT2D eigenvalue weighted by molar-refractivity contribution is 8.13. The van der Waals surface area contributed by atoms with Gasteiger partial charge in [0.15, 0.2) is 5.17 Å². The van der Waals surface area contributed by atoms with Crippen LogP contribution in [0.5, 0.6) is 5.75 Å². The van der Waals surface area contributed by atoms with Crippen molar-refractivity contribution < 1.29 is 22.1 Å². The van der Waals surface area contributed by atoms with Crippen molar-refractivity contribution in [2.24, 2.45) is 4.99 Å². The number of carbonyl (C=O) groups excluding carboxylic acids is 1. The number of thioether (sulfide) groups is 1. The highest BCUT2D eigenvalue weighted by Gasteiger charge is 2.18. The SMILES string of the molecule is COC(=O)NC(=Nc1ccc(S(=O)(=O)Oc2ccccc2)cc1N)SC. The Morgan fingerprint density at radius 2 is 1.88 bits per heavy atom. The first-order valence-corrected chi connectivity index (χ1v) is 9.85. The summed E-state index contributed by atoms with van der Waals surface area (Å²) in [5.41, 5.74) is 6.31. The number of carbonyl (C=O) groups is 1. The van der Waals surface area contributed by atoms with Gasteiger partial charge in [-0.2, -0.15) is 8.42 Å². The number of nitrogen functional groups attached to an aromatic ring is 1. The number of nitrogens with one attached hydrogen (secondary N) is 1. The number of ether oxygens (including phenoxy) is 1. The van der Waals surface area contributed by atoms with Crippen molar-refractivity contribution in [1.29, 1.82) is 0 Å². The van der Waals surface area contributed by atoms with E-state index in [1.807, 2.05) is 0 Å². The highest BCUT2D eigenvalue weighted by Crippen LogP contribution is 2.27. The van der Waals surface area contributed by atoms with Crippen LogP contribution in [-0.2, 0) is 14.9 Å². The standard InChI is InChI=1S/C16H17N3O5S2/c1-23-16(20)19-15(25-2)18-14-9-8-12(10-13(14)17)26(21,22)24-11-6-4-3-5-7-11/h3-10H,17H2,1-2H3,(H,18,19,20). The van der Waals surface area contributed by atoms with Crippen LogP contribution in [0, 0.1) is 0 Å². The lowest BCUT2D eigenvalue weighted by Crippen LogP contribution is -2.27. The number of nitrogens with zero attached hydrogens (tertiary/aromatic N) is 1. The first-order chi connectivity index (χ1) is 12.4. The highest BCUT2D eigenvalue weighted by atomic mass is 32.2. The Morgan fingerprint density at radius 1 is 1.19 bits per heavy atom. The van der Waals surface area contributed by atoms with Crippen LogP contribution in [0.25, 0.3) is 0 Å². The molecule has 1 amide bonds. The van der Waals surface area contributed by atoms with E-state index >= 15 is 0 Å². The maximum Gasteiger partial charge on any atom is 0.412 e. The van der Waals surface area contributed by atoms with Crippen molar-refractivity contribution in [3.8, 4) is 5.75 Å². The van der Waals surface area contributed by atoms with E-state index < -0.39 is 16.2 Å². The fourth-order valence-electron chi connectivity index (χ4n) is 1.81. The number of alkyl carbamates (subject to hydrolysis) is 1. The Balaban J connectivity index is 2.27. The smallest absolute Gasteiger partial charge is 0.412 e. The topological polar surface area (TPSA) is 120 Å². The van der Waals surface area contributed by atoms with E-state index in [-0.39, 0.29) is 21.5 Å². The molecule has 26 heavy (non-hydrogen) atoms. The summed E-state index contributed by atoms with van der Waals surface area (Å²) in [6, 6.07) is 12.1. The zero-order valence-corrected chi connectivity index (χ0v) is 15.6. The molecule has 0 heterocycles. The van der Waals surface area contributed by atoms with Gasteiger partial charge in [0.2, 0.25) is 0 Å². The molecule has 0 unspecified atom stereocenters. The number of amidine groups is 1. The van der Waals surface area contributed by atoms with Crippen molar-refractivity contribution in [3.05, 3.63) is 48.5 Å². The van der Waals surface area contributed by atoms with Crippen LogP contribution in [0.3, 0.4) is 0 Å². The summed E-state index contributed by atoms with van der Waals surface area (Å²) in [6.45, 7) is 0. The molecule has 0 radical (unpaired) electrons. The number of anilines is 1. The summed E-state index contributed by atoms with van der Waals surface area (Å²) in [5, 5.41) is 2.67. The summed E-state index contributed by atoms with van der Waals surface area (Å²) in [7, 11) is -2.80. The number of hydrogen-bond donors (Lipinski definition) is 2. The van der Waals surface area contributed by atoms with Gasteiger partial charge in [-0.15, -0.1) is 0 Å². The summed E-state index contributed by atoms with van der Waals surface area (Å²) >= 11 is 1.17. The molecule has 2 aromatic carbocycles. The molecule has 0 bridgehead atoms. The van der Waals surface area contributed by atoms with E-state index in [9.17, 15) is 13.2 Å². The molecule has 0 aromatic heterocycles. The molecule has 3 N–H and O–H groups in total. The van der Waals surface area contributed by atoms with Crippen LogP contribution in [0.4, 0.5) is 16.2 Å². The average molecular weight is 395 g/mol. The minimum Gasteiger partial charge on any atom is -0.453 e. The first-order valence-electron chi connectivity index (χ1n) is 7.22. The largest absolute Gasteiger partial charge is 0.453 e. The van der Waals surface area contributed by atoms with Gasteiger partial charge in [0.1, 0.15) is 10.6 Å². The van der Waals surface area contributed by atoms with Crippen LogP contribution in [0.1, 0.15) is 0 Å².